The number of hydrogen-bond acceptors (Lipinski definition) is 5. The van der Waals surface area contributed by atoms with Gasteiger partial charge in [0.25, 0.3) is 5.91 Å². The van der Waals surface area contributed by atoms with Crippen LogP contribution in [0.1, 0.15) is 39.9 Å². The van der Waals surface area contributed by atoms with E-state index in [1.165, 1.54) is 12.4 Å². The number of likely N-dealkylation sites (tertiary alicyclic amines) is 1. The van der Waals surface area contributed by atoms with Crippen molar-refractivity contribution in [2.24, 2.45) is 0 Å². The van der Waals surface area contributed by atoms with Gasteiger partial charge in [-0.1, -0.05) is 0 Å². The number of pyridine rings is 1. The van der Waals surface area contributed by atoms with Crippen molar-refractivity contribution in [2.45, 2.75) is 25.8 Å². The molecule has 114 valence electrons. The topological polar surface area (TPSA) is 75.2 Å². The summed E-state index contributed by atoms with van der Waals surface area (Å²) < 4.78 is 0. The van der Waals surface area contributed by atoms with Gasteiger partial charge in [-0.2, -0.15) is 0 Å². The summed E-state index contributed by atoms with van der Waals surface area (Å²) in [6.45, 7) is 2.57. The number of imide groups is 1. The highest BCUT2D eigenvalue weighted by Gasteiger charge is 2.32. The Balaban J connectivity index is 1.70. The van der Waals surface area contributed by atoms with Gasteiger partial charge in [-0.05, 0) is 31.9 Å². The van der Waals surface area contributed by atoms with E-state index >= 15 is 0 Å². The Hall–Kier alpha value is -2.28. The average molecular weight is 316 g/mol. The first-order valence-corrected chi connectivity index (χ1v) is 7.97. The number of carbonyl (C=O) groups is 2. The first kappa shape index (κ1) is 14.6. The molecule has 2 aromatic rings. The minimum absolute atomic E-state index is 0.0380. The van der Waals surface area contributed by atoms with Crippen molar-refractivity contribution in [2.75, 3.05) is 6.54 Å². The van der Waals surface area contributed by atoms with Crippen molar-refractivity contribution in [3.63, 3.8) is 0 Å². The highest BCUT2D eigenvalue weighted by atomic mass is 32.1. The lowest BCUT2D eigenvalue weighted by atomic mass is 10.2. The third kappa shape index (κ3) is 2.99. The summed E-state index contributed by atoms with van der Waals surface area (Å²) >= 11 is 1.56. The van der Waals surface area contributed by atoms with Crippen molar-refractivity contribution < 1.29 is 9.59 Å². The second-order valence-electron chi connectivity index (χ2n) is 5.17. The number of amides is 3. The van der Waals surface area contributed by atoms with E-state index in [2.05, 4.69) is 15.3 Å². The van der Waals surface area contributed by atoms with E-state index in [9.17, 15) is 9.59 Å². The molecular weight excluding hydrogens is 300 g/mol. The van der Waals surface area contributed by atoms with Crippen LogP contribution < -0.4 is 5.32 Å². The number of nitrogens with one attached hydrogen (secondary N) is 1. The molecule has 0 radical (unpaired) electrons. The zero-order chi connectivity index (χ0) is 15.5. The molecule has 1 N–H and O–H groups in total. The summed E-state index contributed by atoms with van der Waals surface area (Å²) in [5, 5.41) is 5.35. The lowest BCUT2D eigenvalue weighted by Crippen LogP contribution is -2.42. The highest BCUT2D eigenvalue weighted by Crippen LogP contribution is 2.33. The van der Waals surface area contributed by atoms with Crippen molar-refractivity contribution in [3.8, 4) is 0 Å². The minimum Gasteiger partial charge on any atom is -0.315 e. The summed E-state index contributed by atoms with van der Waals surface area (Å²) in [4.78, 5) is 34.4. The Morgan fingerprint density at radius 3 is 2.82 bits per heavy atom. The minimum atomic E-state index is -0.409. The Kier molecular flexibility index (Phi) is 4.15. The van der Waals surface area contributed by atoms with Gasteiger partial charge in [0, 0.05) is 35.6 Å². The van der Waals surface area contributed by atoms with Crippen LogP contribution in [0.15, 0.2) is 29.9 Å². The van der Waals surface area contributed by atoms with Gasteiger partial charge in [0.05, 0.1) is 6.04 Å². The van der Waals surface area contributed by atoms with E-state index in [1.807, 2.05) is 12.3 Å². The molecule has 3 amide bonds. The summed E-state index contributed by atoms with van der Waals surface area (Å²) in [5.41, 5.74) is 1.38. The standard InChI is InChI=1S/C15H16N4O2S/c1-10-9-22-14(17-10)12-3-2-8-19(12)15(21)18-13(20)11-4-6-16-7-5-11/h4-7,9,12H,2-3,8H2,1H3,(H,18,20,21)/t12-/m1/s1. The summed E-state index contributed by atoms with van der Waals surface area (Å²) in [6.07, 6.45) is 4.84. The summed E-state index contributed by atoms with van der Waals surface area (Å²) in [7, 11) is 0. The Bertz CT molecular complexity index is 686. The molecule has 3 heterocycles. The van der Waals surface area contributed by atoms with E-state index in [0.29, 0.717) is 12.1 Å². The molecule has 0 unspecified atom stereocenters. The van der Waals surface area contributed by atoms with Crippen LogP contribution in [0.5, 0.6) is 0 Å². The fourth-order valence-corrected chi connectivity index (χ4v) is 3.48. The molecule has 1 saturated heterocycles. The van der Waals surface area contributed by atoms with Crippen LogP contribution in [0.25, 0.3) is 0 Å². The molecule has 0 aliphatic carbocycles. The van der Waals surface area contributed by atoms with Gasteiger partial charge in [0.2, 0.25) is 0 Å². The number of urea groups is 1. The van der Waals surface area contributed by atoms with Gasteiger partial charge >= 0.3 is 6.03 Å². The molecule has 0 bridgehead atoms. The number of carbonyl (C=O) groups excluding carboxylic acids is 2. The molecule has 1 atom stereocenters. The smallest absolute Gasteiger partial charge is 0.315 e. The monoisotopic (exact) mass is 316 g/mol. The molecule has 0 spiro atoms. The van der Waals surface area contributed by atoms with E-state index in [4.69, 9.17) is 0 Å². The quantitative estimate of drug-likeness (QED) is 0.924. The maximum absolute atomic E-state index is 12.4. The third-order valence-corrected chi connectivity index (χ3v) is 4.66. The summed E-state index contributed by atoms with van der Waals surface area (Å²) in [6, 6.07) is 2.75. The SMILES string of the molecule is Cc1csc([C@H]2CCCN2C(=O)NC(=O)c2ccncc2)n1. The second kappa shape index (κ2) is 6.23. The van der Waals surface area contributed by atoms with Crippen LogP contribution in [-0.4, -0.2) is 33.4 Å². The molecule has 2 aromatic heterocycles. The maximum atomic E-state index is 12.4. The first-order valence-electron chi connectivity index (χ1n) is 7.09. The van der Waals surface area contributed by atoms with Gasteiger partial charge < -0.3 is 4.90 Å². The molecule has 1 aliphatic rings. The fraction of sp³-hybridized carbons (Fsp3) is 0.333. The summed E-state index contributed by atoms with van der Waals surface area (Å²) in [5.74, 6) is -0.409. The number of hydrogen-bond donors (Lipinski definition) is 1. The van der Waals surface area contributed by atoms with Crippen molar-refractivity contribution in [3.05, 3.63) is 46.2 Å². The number of rotatable bonds is 2. The number of aryl methyl sites for hydroxylation is 1. The molecule has 1 fully saturated rings. The maximum Gasteiger partial charge on any atom is 0.324 e. The Labute approximate surface area is 132 Å². The van der Waals surface area contributed by atoms with Crippen LogP contribution in [0.3, 0.4) is 0 Å². The van der Waals surface area contributed by atoms with E-state index in [1.54, 1.807) is 28.4 Å². The predicted molar refractivity (Wildman–Crippen MR) is 82.6 cm³/mol. The van der Waals surface area contributed by atoms with Gasteiger partial charge in [-0.15, -0.1) is 11.3 Å². The van der Waals surface area contributed by atoms with Gasteiger partial charge in [-0.25, -0.2) is 9.78 Å². The van der Waals surface area contributed by atoms with Gasteiger partial charge in [0.1, 0.15) is 5.01 Å². The molecule has 0 aromatic carbocycles. The predicted octanol–water partition coefficient (Wildman–Crippen LogP) is 2.53. The normalized spacial score (nSPS) is 17.5. The average Bonchev–Trinajstić information content (AvgIpc) is 3.16. The molecule has 22 heavy (non-hydrogen) atoms. The Morgan fingerprint density at radius 2 is 2.14 bits per heavy atom. The van der Waals surface area contributed by atoms with Crippen molar-refractivity contribution in [1.82, 2.24) is 20.2 Å². The molecule has 0 saturated carbocycles. The number of aromatic nitrogens is 2. The molecule has 1 aliphatic heterocycles. The van der Waals surface area contributed by atoms with E-state index in [-0.39, 0.29) is 12.1 Å². The lowest BCUT2D eigenvalue weighted by Gasteiger charge is -2.22. The first-order chi connectivity index (χ1) is 10.6. The van der Waals surface area contributed by atoms with Gasteiger partial charge in [0.15, 0.2) is 0 Å². The number of thiazole rings is 1. The van der Waals surface area contributed by atoms with Crippen molar-refractivity contribution in [1.29, 1.82) is 0 Å². The Morgan fingerprint density at radius 1 is 1.36 bits per heavy atom. The molecule has 6 nitrogen and oxygen atoms in total. The zero-order valence-electron chi connectivity index (χ0n) is 12.2. The zero-order valence-corrected chi connectivity index (χ0v) is 13.0. The van der Waals surface area contributed by atoms with Crippen molar-refractivity contribution >= 4 is 23.3 Å². The van der Waals surface area contributed by atoms with Crippen LogP contribution in [-0.2, 0) is 0 Å². The molecular formula is C15H16N4O2S. The van der Waals surface area contributed by atoms with E-state index in [0.717, 1.165) is 23.5 Å². The fourth-order valence-electron chi connectivity index (χ4n) is 2.54. The lowest BCUT2D eigenvalue weighted by molar-refractivity contribution is 0.0950. The van der Waals surface area contributed by atoms with Crippen LogP contribution in [0.4, 0.5) is 4.79 Å². The highest BCUT2D eigenvalue weighted by molar-refractivity contribution is 7.09. The molecule has 7 heteroatoms. The van der Waals surface area contributed by atoms with Crippen LogP contribution >= 0.6 is 11.3 Å². The third-order valence-electron chi connectivity index (χ3n) is 3.60. The van der Waals surface area contributed by atoms with E-state index < -0.39 is 5.91 Å². The molecule has 3 rings (SSSR count). The second-order valence-corrected chi connectivity index (χ2v) is 6.06. The largest absolute Gasteiger partial charge is 0.324 e. The van der Waals surface area contributed by atoms with Gasteiger partial charge in [-0.3, -0.25) is 15.1 Å². The van der Waals surface area contributed by atoms with Crippen LogP contribution in [0.2, 0.25) is 0 Å². The number of nitrogens with zero attached hydrogens (tertiary/aromatic N) is 3. The van der Waals surface area contributed by atoms with Crippen LogP contribution in [0, 0.1) is 6.92 Å².